The average Bonchev–Trinajstić information content (AvgIpc) is 2.99. The minimum Gasteiger partial charge on any atom is -0.486 e. The van der Waals surface area contributed by atoms with Crippen LogP contribution in [0.1, 0.15) is 60.8 Å². The first-order chi connectivity index (χ1) is 19.6. The van der Waals surface area contributed by atoms with Crippen LogP contribution in [0, 0.1) is 6.92 Å². The SMILES string of the molecule is Cc1ccccc1CN(C(=O)CCc1ccc2c(c1)OCCO2)C(Cc1ccccc1)C(=O)NC1CCCCC1. The van der Waals surface area contributed by atoms with Gasteiger partial charge in [0, 0.05) is 25.4 Å². The summed E-state index contributed by atoms with van der Waals surface area (Å²) in [5, 5.41) is 3.32. The Morgan fingerprint density at radius 2 is 1.60 bits per heavy atom. The van der Waals surface area contributed by atoms with E-state index in [1.54, 1.807) is 0 Å². The van der Waals surface area contributed by atoms with Crippen molar-refractivity contribution in [2.24, 2.45) is 0 Å². The molecule has 0 spiro atoms. The first kappa shape index (κ1) is 27.8. The van der Waals surface area contributed by atoms with Crippen molar-refractivity contribution >= 4 is 11.8 Å². The van der Waals surface area contributed by atoms with Crippen molar-refractivity contribution in [3.63, 3.8) is 0 Å². The van der Waals surface area contributed by atoms with Crippen molar-refractivity contribution in [2.75, 3.05) is 13.2 Å². The van der Waals surface area contributed by atoms with Gasteiger partial charge in [-0.15, -0.1) is 0 Å². The third kappa shape index (κ3) is 7.23. The fourth-order valence-electron chi connectivity index (χ4n) is 5.71. The highest BCUT2D eigenvalue weighted by Gasteiger charge is 2.32. The molecule has 6 nitrogen and oxygen atoms in total. The number of carbonyl (C=O) groups is 2. The summed E-state index contributed by atoms with van der Waals surface area (Å²) in [6.45, 7) is 3.52. The van der Waals surface area contributed by atoms with Crippen molar-refractivity contribution in [2.45, 2.75) is 76.9 Å². The van der Waals surface area contributed by atoms with E-state index in [0.717, 1.165) is 59.4 Å². The van der Waals surface area contributed by atoms with Crippen LogP contribution in [0.5, 0.6) is 11.5 Å². The summed E-state index contributed by atoms with van der Waals surface area (Å²) in [7, 11) is 0. The average molecular weight is 541 g/mol. The normalized spacial score (nSPS) is 15.7. The van der Waals surface area contributed by atoms with Crippen molar-refractivity contribution in [3.05, 3.63) is 95.1 Å². The summed E-state index contributed by atoms with van der Waals surface area (Å²) in [4.78, 5) is 29.8. The van der Waals surface area contributed by atoms with E-state index in [0.29, 0.717) is 39.0 Å². The second-order valence-electron chi connectivity index (χ2n) is 11.0. The van der Waals surface area contributed by atoms with Gasteiger partial charge < -0.3 is 19.7 Å². The maximum Gasteiger partial charge on any atom is 0.243 e. The highest BCUT2D eigenvalue weighted by atomic mass is 16.6. The second-order valence-corrected chi connectivity index (χ2v) is 11.0. The quantitative estimate of drug-likeness (QED) is 0.354. The summed E-state index contributed by atoms with van der Waals surface area (Å²) in [5.41, 5.74) is 4.22. The van der Waals surface area contributed by atoms with Gasteiger partial charge in [0.25, 0.3) is 0 Å². The maximum absolute atomic E-state index is 14.0. The molecule has 3 aromatic rings. The van der Waals surface area contributed by atoms with Crippen LogP contribution in [-0.4, -0.2) is 42.0 Å². The zero-order chi connectivity index (χ0) is 27.7. The lowest BCUT2D eigenvalue weighted by atomic mass is 9.94. The molecule has 5 rings (SSSR count). The summed E-state index contributed by atoms with van der Waals surface area (Å²) < 4.78 is 11.4. The van der Waals surface area contributed by atoms with Gasteiger partial charge in [-0.1, -0.05) is 79.9 Å². The molecule has 1 saturated carbocycles. The molecule has 1 heterocycles. The standard InChI is InChI=1S/C34H40N2O4/c1-25-10-8-9-13-28(25)24-36(33(37)19-17-27-16-18-31-32(23-27)40-21-20-39-31)30(22-26-11-4-2-5-12-26)34(38)35-29-14-6-3-7-15-29/h2,4-5,8-13,16,18,23,29-30H,3,6-7,14-15,17,19-22,24H2,1H3,(H,35,38). The topological polar surface area (TPSA) is 67.9 Å². The molecule has 2 amide bonds. The number of amides is 2. The minimum atomic E-state index is -0.600. The number of nitrogens with zero attached hydrogens (tertiary/aromatic N) is 1. The summed E-state index contributed by atoms with van der Waals surface area (Å²) in [6, 6.07) is 23.6. The van der Waals surface area contributed by atoms with Crippen molar-refractivity contribution < 1.29 is 19.1 Å². The number of fused-ring (bicyclic) bond motifs is 1. The Morgan fingerprint density at radius 1 is 0.875 bits per heavy atom. The Hall–Kier alpha value is -3.80. The van der Waals surface area contributed by atoms with Crippen LogP contribution < -0.4 is 14.8 Å². The second kappa shape index (κ2) is 13.5. The van der Waals surface area contributed by atoms with Crippen molar-refractivity contribution in [1.29, 1.82) is 0 Å². The number of hydrogen-bond donors (Lipinski definition) is 1. The van der Waals surface area contributed by atoms with Crippen LogP contribution in [0.2, 0.25) is 0 Å². The Morgan fingerprint density at radius 3 is 2.38 bits per heavy atom. The van der Waals surface area contributed by atoms with Crippen LogP contribution >= 0.6 is 0 Å². The van der Waals surface area contributed by atoms with Gasteiger partial charge in [-0.3, -0.25) is 9.59 Å². The lowest BCUT2D eigenvalue weighted by Gasteiger charge is -2.34. The molecule has 40 heavy (non-hydrogen) atoms. The van der Waals surface area contributed by atoms with E-state index >= 15 is 0 Å². The molecule has 1 unspecified atom stereocenters. The number of nitrogens with one attached hydrogen (secondary N) is 1. The minimum absolute atomic E-state index is 0.0298. The van der Waals surface area contributed by atoms with Gasteiger partial charge in [0.15, 0.2) is 11.5 Å². The number of benzene rings is 3. The van der Waals surface area contributed by atoms with Crippen LogP contribution in [0.25, 0.3) is 0 Å². The Labute approximate surface area is 237 Å². The zero-order valence-corrected chi connectivity index (χ0v) is 23.4. The van der Waals surface area contributed by atoms with E-state index in [4.69, 9.17) is 9.47 Å². The Bertz CT molecular complexity index is 1290. The van der Waals surface area contributed by atoms with E-state index in [-0.39, 0.29) is 17.9 Å². The molecule has 1 atom stereocenters. The lowest BCUT2D eigenvalue weighted by molar-refractivity contribution is -0.141. The van der Waals surface area contributed by atoms with Gasteiger partial charge >= 0.3 is 0 Å². The van der Waals surface area contributed by atoms with Crippen molar-refractivity contribution in [3.8, 4) is 11.5 Å². The van der Waals surface area contributed by atoms with Gasteiger partial charge in [-0.2, -0.15) is 0 Å². The molecule has 0 saturated heterocycles. The number of carbonyl (C=O) groups excluding carboxylic acids is 2. The highest BCUT2D eigenvalue weighted by molar-refractivity contribution is 5.88. The van der Waals surface area contributed by atoms with Crippen LogP contribution in [0.4, 0.5) is 0 Å². The Kier molecular flexibility index (Phi) is 9.38. The van der Waals surface area contributed by atoms with Gasteiger partial charge in [-0.05, 0) is 60.6 Å². The molecule has 0 aromatic heterocycles. The molecule has 0 radical (unpaired) electrons. The molecule has 210 valence electrons. The molecular formula is C34H40N2O4. The number of ether oxygens (including phenoxy) is 2. The van der Waals surface area contributed by atoms with Crippen LogP contribution in [0.15, 0.2) is 72.8 Å². The molecule has 3 aromatic carbocycles. The van der Waals surface area contributed by atoms with E-state index in [1.807, 2.05) is 65.6 Å². The number of aryl methyl sites for hydroxylation is 2. The van der Waals surface area contributed by atoms with Crippen molar-refractivity contribution in [1.82, 2.24) is 10.2 Å². The number of hydrogen-bond acceptors (Lipinski definition) is 4. The molecule has 1 aliphatic carbocycles. The third-order valence-corrected chi connectivity index (χ3v) is 8.06. The van der Waals surface area contributed by atoms with E-state index in [1.165, 1.54) is 6.42 Å². The smallest absolute Gasteiger partial charge is 0.243 e. The van der Waals surface area contributed by atoms with E-state index in [2.05, 4.69) is 24.4 Å². The summed E-state index contributed by atoms with van der Waals surface area (Å²) in [6.07, 6.45) is 6.82. The molecule has 1 N–H and O–H groups in total. The maximum atomic E-state index is 14.0. The Balaban J connectivity index is 1.40. The van der Waals surface area contributed by atoms with Gasteiger partial charge in [0.1, 0.15) is 19.3 Å². The fraction of sp³-hybridized carbons (Fsp3) is 0.412. The third-order valence-electron chi connectivity index (χ3n) is 8.06. The van der Waals surface area contributed by atoms with Gasteiger partial charge in [0.2, 0.25) is 11.8 Å². The monoisotopic (exact) mass is 540 g/mol. The first-order valence-corrected chi connectivity index (χ1v) is 14.6. The van der Waals surface area contributed by atoms with E-state index < -0.39 is 6.04 Å². The lowest BCUT2D eigenvalue weighted by Crippen LogP contribution is -2.53. The molecule has 6 heteroatoms. The summed E-state index contributed by atoms with van der Waals surface area (Å²) >= 11 is 0. The molecule has 2 aliphatic rings. The fourth-order valence-corrected chi connectivity index (χ4v) is 5.71. The molecule has 1 aliphatic heterocycles. The molecular weight excluding hydrogens is 500 g/mol. The predicted molar refractivity (Wildman–Crippen MR) is 156 cm³/mol. The highest BCUT2D eigenvalue weighted by Crippen LogP contribution is 2.31. The zero-order valence-electron chi connectivity index (χ0n) is 23.4. The van der Waals surface area contributed by atoms with Crippen LogP contribution in [0.3, 0.4) is 0 Å². The van der Waals surface area contributed by atoms with E-state index in [9.17, 15) is 9.59 Å². The molecule has 1 fully saturated rings. The van der Waals surface area contributed by atoms with Gasteiger partial charge in [0.05, 0.1) is 0 Å². The van der Waals surface area contributed by atoms with Crippen LogP contribution in [-0.2, 0) is 29.0 Å². The van der Waals surface area contributed by atoms with Gasteiger partial charge in [-0.25, -0.2) is 0 Å². The number of rotatable bonds is 10. The predicted octanol–water partition coefficient (Wildman–Crippen LogP) is 5.79. The molecule has 0 bridgehead atoms. The summed E-state index contributed by atoms with van der Waals surface area (Å²) in [5.74, 6) is 1.38. The largest absolute Gasteiger partial charge is 0.486 e. The first-order valence-electron chi connectivity index (χ1n) is 14.6.